The molecule has 0 saturated carbocycles. The average molecular weight is 432 g/mol. The second-order valence-electron chi connectivity index (χ2n) is 8.51. The predicted octanol–water partition coefficient (Wildman–Crippen LogP) is 6.27. The van der Waals surface area contributed by atoms with Crippen molar-refractivity contribution in [3.8, 4) is 27.3 Å². The van der Waals surface area contributed by atoms with E-state index in [1.54, 1.807) is 7.11 Å². The molecule has 0 aliphatic carbocycles. The number of fused-ring (bicyclic) bond motifs is 1. The Morgan fingerprint density at radius 3 is 2.71 bits per heavy atom. The molecule has 4 aromatic rings. The lowest BCUT2D eigenvalue weighted by molar-refractivity contribution is 0.222. The maximum absolute atomic E-state index is 5.75. The van der Waals surface area contributed by atoms with Crippen LogP contribution in [0.15, 0.2) is 48.8 Å². The highest BCUT2D eigenvalue weighted by Crippen LogP contribution is 2.39. The summed E-state index contributed by atoms with van der Waals surface area (Å²) in [5.41, 5.74) is 5.59. The predicted molar refractivity (Wildman–Crippen MR) is 130 cm³/mol. The number of benzene rings is 1. The smallest absolute Gasteiger partial charge is 0.140 e. The van der Waals surface area contributed by atoms with Gasteiger partial charge in [0.05, 0.1) is 7.11 Å². The van der Waals surface area contributed by atoms with Crippen molar-refractivity contribution in [2.24, 2.45) is 7.05 Å². The summed E-state index contributed by atoms with van der Waals surface area (Å²) in [6.45, 7) is 5.61. The molecular weight excluding hydrogens is 402 g/mol. The summed E-state index contributed by atoms with van der Waals surface area (Å²) >= 11 is 1.89. The number of methoxy groups -OCH3 is 1. The molecule has 0 atom stereocenters. The molecule has 1 aliphatic heterocycles. The van der Waals surface area contributed by atoms with Crippen LogP contribution in [0.1, 0.15) is 29.7 Å². The molecule has 0 unspecified atom stereocenters. The van der Waals surface area contributed by atoms with Crippen molar-refractivity contribution >= 4 is 22.4 Å². The fourth-order valence-corrected chi connectivity index (χ4v) is 5.73. The van der Waals surface area contributed by atoms with Crippen molar-refractivity contribution in [2.45, 2.75) is 32.7 Å². The number of thiophene rings is 1. The van der Waals surface area contributed by atoms with E-state index in [0.29, 0.717) is 0 Å². The lowest BCUT2D eigenvalue weighted by Crippen LogP contribution is -2.28. The average Bonchev–Trinajstić information content (AvgIpc) is 3.38. The van der Waals surface area contributed by atoms with E-state index in [1.165, 1.54) is 47.7 Å². The summed E-state index contributed by atoms with van der Waals surface area (Å²) in [4.78, 5) is 10.1. The third kappa shape index (κ3) is 3.88. The van der Waals surface area contributed by atoms with E-state index in [9.17, 15) is 0 Å². The van der Waals surface area contributed by atoms with Crippen LogP contribution in [0.2, 0.25) is 0 Å². The van der Waals surface area contributed by atoms with Crippen LogP contribution in [0.5, 0.6) is 5.75 Å². The van der Waals surface area contributed by atoms with Crippen molar-refractivity contribution in [1.29, 1.82) is 0 Å². The van der Waals surface area contributed by atoms with Crippen molar-refractivity contribution in [1.82, 2.24) is 14.5 Å². The minimum absolute atomic E-state index is 0.931. The molecule has 5 heteroatoms. The zero-order chi connectivity index (χ0) is 21.4. The van der Waals surface area contributed by atoms with Gasteiger partial charge >= 0.3 is 0 Å². The number of hydrogen-bond donors (Lipinski definition) is 0. The monoisotopic (exact) mass is 431 g/mol. The number of aryl methyl sites for hydroxylation is 2. The number of rotatable bonds is 5. The molecule has 1 fully saturated rings. The van der Waals surface area contributed by atoms with Gasteiger partial charge in [-0.3, -0.25) is 4.90 Å². The van der Waals surface area contributed by atoms with Crippen LogP contribution in [-0.2, 0) is 13.6 Å². The Bertz CT molecular complexity index is 1220. The third-order valence-corrected chi connectivity index (χ3v) is 7.41. The summed E-state index contributed by atoms with van der Waals surface area (Å²) in [5.74, 6) is 0.931. The molecule has 5 rings (SSSR count). The molecule has 1 saturated heterocycles. The van der Waals surface area contributed by atoms with Gasteiger partial charge in [0.1, 0.15) is 11.4 Å². The SMILES string of the molecule is COc1c(C)cccc1-c1cn(C)c2ncc(-c3ccc(CN4CCCCC4)s3)cc12. The number of aromatic nitrogens is 2. The van der Waals surface area contributed by atoms with Gasteiger partial charge in [0, 0.05) is 57.8 Å². The zero-order valence-electron chi connectivity index (χ0n) is 18.5. The molecular formula is C26H29N3OS. The van der Waals surface area contributed by atoms with Gasteiger partial charge in [0.25, 0.3) is 0 Å². The van der Waals surface area contributed by atoms with Gasteiger partial charge in [0.15, 0.2) is 0 Å². The van der Waals surface area contributed by atoms with E-state index in [-0.39, 0.29) is 0 Å². The topological polar surface area (TPSA) is 30.3 Å². The number of likely N-dealkylation sites (tertiary alicyclic amines) is 1. The Morgan fingerprint density at radius 2 is 1.90 bits per heavy atom. The number of piperidine rings is 1. The Balaban J connectivity index is 1.52. The summed E-state index contributed by atoms with van der Waals surface area (Å²) in [7, 11) is 3.80. The molecule has 1 aliphatic rings. The first-order chi connectivity index (χ1) is 15.1. The minimum Gasteiger partial charge on any atom is -0.496 e. The molecule has 0 spiro atoms. The van der Waals surface area contributed by atoms with E-state index in [2.05, 4.69) is 66.0 Å². The molecule has 31 heavy (non-hydrogen) atoms. The number of hydrogen-bond acceptors (Lipinski definition) is 4. The zero-order valence-corrected chi connectivity index (χ0v) is 19.3. The molecule has 0 N–H and O–H groups in total. The van der Waals surface area contributed by atoms with Crippen LogP contribution in [0.3, 0.4) is 0 Å². The van der Waals surface area contributed by atoms with Crippen molar-refractivity contribution in [2.75, 3.05) is 20.2 Å². The van der Waals surface area contributed by atoms with Crippen LogP contribution in [-0.4, -0.2) is 34.7 Å². The largest absolute Gasteiger partial charge is 0.496 e. The maximum atomic E-state index is 5.75. The van der Waals surface area contributed by atoms with E-state index < -0.39 is 0 Å². The quantitative estimate of drug-likeness (QED) is 0.373. The van der Waals surface area contributed by atoms with Gasteiger partial charge in [-0.15, -0.1) is 11.3 Å². The third-order valence-electron chi connectivity index (χ3n) is 6.29. The first-order valence-electron chi connectivity index (χ1n) is 11.0. The van der Waals surface area contributed by atoms with Gasteiger partial charge in [0.2, 0.25) is 0 Å². The standard InChI is InChI=1S/C26H29N3OS/c1-18-8-7-9-21(25(18)30-3)23-17-28(2)26-22(23)14-19(15-27-26)24-11-10-20(31-24)16-29-12-5-4-6-13-29/h7-11,14-15,17H,4-6,12-13,16H2,1-3H3. The first-order valence-corrected chi connectivity index (χ1v) is 11.9. The van der Waals surface area contributed by atoms with Crippen LogP contribution in [0.4, 0.5) is 0 Å². The highest BCUT2D eigenvalue weighted by atomic mass is 32.1. The van der Waals surface area contributed by atoms with Gasteiger partial charge in [-0.1, -0.05) is 24.6 Å². The molecule has 0 radical (unpaired) electrons. The fraction of sp³-hybridized carbons (Fsp3) is 0.346. The molecule has 0 amide bonds. The first kappa shape index (κ1) is 20.3. The summed E-state index contributed by atoms with van der Waals surface area (Å²) in [5, 5.41) is 1.16. The Hall–Kier alpha value is -2.63. The maximum Gasteiger partial charge on any atom is 0.140 e. The summed E-state index contributed by atoms with van der Waals surface area (Å²) in [6.07, 6.45) is 8.21. The second-order valence-corrected chi connectivity index (χ2v) is 9.68. The van der Waals surface area contributed by atoms with Gasteiger partial charge < -0.3 is 9.30 Å². The molecule has 4 heterocycles. The van der Waals surface area contributed by atoms with Crippen LogP contribution >= 0.6 is 11.3 Å². The Morgan fingerprint density at radius 1 is 1.06 bits per heavy atom. The Kier molecular flexibility index (Phi) is 5.55. The number of nitrogens with zero attached hydrogens (tertiary/aromatic N) is 3. The fourth-order valence-electron chi connectivity index (χ4n) is 4.70. The normalized spacial score (nSPS) is 14.9. The molecule has 1 aromatic carbocycles. The summed E-state index contributed by atoms with van der Waals surface area (Å²) < 4.78 is 7.85. The van der Waals surface area contributed by atoms with Gasteiger partial charge in [-0.25, -0.2) is 4.98 Å². The molecule has 0 bridgehead atoms. The highest BCUT2D eigenvalue weighted by Gasteiger charge is 2.17. The van der Waals surface area contributed by atoms with E-state index in [0.717, 1.165) is 40.0 Å². The van der Waals surface area contributed by atoms with Crippen LogP contribution < -0.4 is 4.74 Å². The van der Waals surface area contributed by atoms with Crippen LogP contribution in [0, 0.1) is 6.92 Å². The van der Waals surface area contributed by atoms with Crippen molar-refractivity contribution in [3.63, 3.8) is 0 Å². The molecule has 3 aromatic heterocycles. The Labute approximate surface area is 188 Å². The number of para-hydroxylation sites is 1. The number of ether oxygens (including phenoxy) is 1. The van der Waals surface area contributed by atoms with Crippen LogP contribution in [0.25, 0.3) is 32.6 Å². The van der Waals surface area contributed by atoms with E-state index in [4.69, 9.17) is 9.72 Å². The lowest BCUT2D eigenvalue weighted by Gasteiger charge is -2.25. The molecule has 4 nitrogen and oxygen atoms in total. The van der Waals surface area contributed by atoms with Gasteiger partial charge in [-0.05, 0) is 56.6 Å². The van der Waals surface area contributed by atoms with Gasteiger partial charge in [-0.2, -0.15) is 0 Å². The van der Waals surface area contributed by atoms with Crippen molar-refractivity contribution in [3.05, 3.63) is 59.2 Å². The molecule has 160 valence electrons. The summed E-state index contributed by atoms with van der Waals surface area (Å²) in [6, 6.07) is 13.1. The number of pyridine rings is 1. The van der Waals surface area contributed by atoms with Crippen molar-refractivity contribution < 1.29 is 4.74 Å². The minimum atomic E-state index is 0.931. The van der Waals surface area contributed by atoms with E-state index in [1.807, 2.05) is 17.5 Å². The lowest BCUT2D eigenvalue weighted by atomic mass is 10.0. The second kappa shape index (κ2) is 8.48. The highest BCUT2D eigenvalue weighted by molar-refractivity contribution is 7.15. The van der Waals surface area contributed by atoms with E-state index >= 15 is 0 Å².